The van der Waals surface area contributed by atoms with E-state index in [4.69, 9.17) is 16.0 Å². The van der Waals surface area contributed by atoms with Crippen molar-refractivity contribution in [2.75, 3.05) is 6.54 Å². The van der Waals surface area contributed by atoms with E-state index in [0.717, 1.165) is 12.8 Å². The molecule has 6 nitrogen and oxygen atoms in total. The van der Waals surface area contributed by atoms with Crippen LogP contribution in [-0.4, -0.2) is 22.6 Å². The zero-order chi connectivity index (χ0) is 11.3. The number of nitrogens with zero attached hydrogens (tertiary/aromatic N) is 2. The van der Waals surface area contributed by atoms with Gasteiger partial charge < -0.3 is 16.0 Å². The minimum atomic E-state index is -0.667. The molecule has 1 unspecified atom stereocenters. The lowest BCUT2D eigenvalue weighted by molar-refractivity contribution is 0.0987. The maximum absolute atomic E-state index is 10.7. The molecule has 0 radical (unpaired) electrons. The van der Waals surface area contributed by atoms with Crippen molar-refractivity contribution in [1.29, 1.82) is 0 Å². The summed E-state index contributed by atoms with van der Waals surface area (Å²) in [5.41, 5.74) is 10.4. The van der Waals surface area contributed by atoms with Crippen LogP contribution in [0.3, 0.4) is 0 Å². The highest BCUT2D eigenvalue weighted by Crippen LogP contribution is 2.10. The maximum atomic E-state index is 10.7. The third kappa shape index (κ3) is 3.67. The van der Waals surface area contributed by atoms with Crippen molar-refractivity contribution in [3.05, 3.63) is 11.7 Å². The molecule has 1 aromatic rings. The van der Waals surface area contributed by atoms with Crippen LogP contribution < -0.4 is 11.5 Å². The van der Waals surface area contributed by atoms with Gasteiger partial charge in [-0.2, -0.15) is 4.98 Å². The van der Waals surface area contributed by atoms with Crippen LogP contribution in [0.4, 0.5) is 0 Å². The summed E-state index contributed by atoms with van der Waals surface area (Å²) in [5.74, 6) is 0.239. The molecule has 1 rings (SSSR count). The average molecular weight is 212 g/mol. The van der Waals surface area contributed by atoms with Gasteiger partial charge in [-0.25, -0.2) is 0 Å². The quantitative estimate of drug-likeness (QED) is 0.694. The van der Waals surface area contributed by atoms with Crippen molar-refractivity contribution >= 4 is 5.91 Å². The average Bonchev–Trinajstić information content (AvgIpc) is 2.63. The van der Waals surface area contributed by atoms with E-state index in [2.05, 4.69) is 17.1 Å². The molecule has 0 aliphatic rings. The van der Waals surface area contributed by atoms with Gasteiger partial charge in [0.15, 0.2) is 0 Å². The van der Waals surface area contributed by atoms with Crippen molar-refractivity contribution in [3.8, 4) is 0 Å². The van der Waals surface area contributed by atoms with Crippen LogP contribution in [0.25, 0.3) is 0 Å². The van der Waals surface area contributed by atoms with E-state index < -0.39 is 5.91 Å². The van der Waals surface area contributed by atoms with Crippen LogP contribution in [0.5, 0.6) is 0 Å². The normalized spacial score (nSPS) is 12.7. The van der Waals surface area contributed by atoms with E-state index in [0.29, 0.717) is 24.8 Å². The molecule has 1 atom stereocenters. The number of carbonyl (C=O) groups is 1. The number of primary amides is 1. The minimum Gasteiger partial charge on any atom is -0.363 e. The molecule has 0 aromatic carbocycles. The first kappa shape index (κ1) is 11.6. The molecule has 6 heteroatoms. The first-order chi connectivity index (χ1) is 7.13. The largest absolute Gasteiger partial charge is 0.363 e. The van der Waals surface area contributed by atoms with Gasteiger partial charge in [-0.15, -0.1) is 0 Å². The highest BCUT2D eigenvalue weighted by atomic mass is 16.5. The van der Waals surface area contributed by atoms with Gasteiger partial charge in [0, 0.05) is 6.42 Å². The van der Waals surface area contributed by atoms with Gasteiger partial charge in [0.05, 0.1) is 0 Å². The monoisotopic (exact) mass is 212 g/mol. The molecule has 0 bridgehead atoms. The Balaban J connectivity index is 2.40. The number of carbonyl (C=O) groups excluding carboxylic acids is 1. The van der Waals surface area contributed by atoms with E-state index in [1.165, 1.54) is 0 Å². The summed E-state index contributed by atoms with van der Waals surface area (Å²) in [4.78, 5) is 14.5. The van der Waals surface area contributed by atoms with Gasteiger partial charge in [-0.3, -0.25) is 4.79 Å². The molecular formula is C9H16N4O2. The fourth-order valence-corrected chi connectivity index (χ4v) is 1.26. The highest BCUT2D eigenvalue weighted by Gasteiger charge is 2.11. The van der Waals surface area contributed by atoms with Gasteiger partial charge in [0.1, 0.15) is 0 Å². The van der Waals surface area contributed by atoms with Crippen LogP contribution in [0.15, 0.2) is 4.52 Å². The number of hydrogen-bond acceptors (Lipinski definition) is 5. The molecule has 0 aliphatic carbocycles. The fourth-order valence-electron chi connectivity index (χ4n) is 1.26. The van der Waals surface area contributed by atoms with Crippen LogP contribution in [0, 0.1) is 5.92 Å². The number of aromatic nitrogens is 2. The van der Waals surface area contributed by atoms with E-state index >= 15 is 0 Å². The molecule has 0 saturated carbocycles. The van der Waals surface area contributed by atoms with Gasteiger partial charge in [-0.05, 0) is 25.3 Å². The van der Waals surface area contributed by atoms with Gasteiger partial charge >= 0.3 is 0 Å². The lowest BCUT2D eigenvalue weighted by Gasteiger charge is -2.06. The van der Waals surface area contributed by atoms with Crippen LogP contribution in [0.2, 0.25) is 0 Å². The van der Waals surface area contributed by atoms with Crippen LogP contribution in [0.1, 0.15) is 36.3 Å². The van der Waals surface area contributed by atoms with Crippen molar-refractivity contribution in [3.63, 3.8) is 0 Å². The molecule has 0 saturated heterocycles. The van der Waals surface area contributed by atoms with E-state index in [-0.39, 0.29) is 5.82 Å². The number of aryl methyl sites for hydroxylation is 1. The topological polar surface area (TPSA) is 108 Å². The van der Waals surface area contributed by atoms with Crippen molar-refractivity contribution in [2.24, 2.45) is 17.4 Å². The van der Waals surface area contributed by atoms with Crippen LogP contribution in [-0.2, 0) is 6.42 Å². The summed E-state index contributed by atoms with van der Waals surface area (Å²) in [5, 5.41) is 3.45. The molecule has 0 aliphatic heterocycles. The Bertz CT molecular complexity index is 324. The second-order valence-corrected chi connectivity index (χ2v) is 3.60. The third-order valence-electron chi connectivity index (χ3n) is 2.20. The zero-order valence-corrected chi connectivity index (χ0v) is 8.77. The molecule has 1 amide bonds. The number of hydrogen-bond donors (Lipinski definition) is 2. The molecule has 84 valence electrons. The van der Waals surface area contributed by atoms with Crippen molar-refractivity contribution in [2.45, 2.75) is 26.2 Å². The maximum Gasteiger partial charge on any atom is 0.290 e. The second-order valence-electron chi connectivity index (χ2n) is 3.60. The van der Waals surface area contributed by atoms with Crippen LogP contribution >= 0.6 is 0 Å². The number of rotatable bonds is 6. The predicted molar refractivity (Wildman–Crippen MR) is 54.0 cm³/mol. The van der Waals surface area contributed by atoms with E-state index in [9.17, 15) is 4.79 Å². The summed E-state index contributed by atoms with van der Waals surface area (Å²) in [6, 6.07) is 0. The number of nitrogens with two attached hydrogens (primary N) is 2. The first-order valence-corrected chi connectivity index (χ1v) is 4.96. The Kier molecular flexibility index (Phi) is 4.23. The van der Waals surface area contributed by atoms with Gasteiger partial charge in [-0.1, -0.05) is 12.1 Å². The minimum absolute atomic E-state index is 0.0588. The zero-order valence-electron chi connectivity index (χ0n) is 8.77. The Morgan fingerprint density at radius 1 is 1.53 bits per heavy atom. The summed E-state index contributed by atoms with van der Waals surface area (Å²) >= 11 is 0. The van der Waals surface area contributed by atoms with Gasteiger partial charge in [0.25, 0.3) is 11.7 Å². The molecule has 4 N–H and O–H groups in total. The Labute approximate surface area is 88.0 Å². The summed E-state index contributed by atoms with van der Waals surface area (Å²) < 4.78 is 4.86. The van der Waals surface area contributed by atoms with E-state index in [1.54, 1.807) is 0 Å². The lowest BCUT2D eigenvalue weighted by Crippen LogP contribution is -2.12. The van der Waals surface area contributed by atoms with Gasteiger partial charge in [0.2, 0.25) is 5.89 Å². The van der Waals surface area contributed by atoms with Crippen molar-refractivity contribution in [1.82, 2.24) is 10.1 Å². The molecule has 1 aromatic heterocycles. The second kappa shape index (κ2) is 5.45. The molecule has 0 spiro atoms. The third-order valence-corrected chi connectivity index (χ3v) is 2.20. The predicted octanol–water partition coefficient (Wildman–Crippen LogP) is 0.0860. The molecular weight excluding hydrogens is 196 g/mol. The Hall–Kier alpha value is -1.43. The van der Waals surface area contributed by atoms with E-state index in [1.807, 2.05) is 0 Å². The summed E-state index contributed by atoms with van der Waals surface area (Å²) in [6.45, 7) is 2.79. The number of amides is 1. The molecule has 15 heavy (non-hydrogen) atoms. The smallest absolute Gasteiger partial charge is 0.290 e. The fraction of sp³-hybridized carbons (Fsp3) is 0.667. The summed E-state index contributed by atoms with van der Waals surface area (Å²) in [6.07, 6.45) is 2.54. The highest BCUT2D eigenvalue weighted by molar-refractivity contribution is 5.88. The van der Waals surface area contributed by atoms with Crippen molar-refractivity contribution < 1.29 is 9.32 Å². The Morgan fingerprint density at radius 3 is 2.80 bits per heavy atom. The molecule has 1 heterocycles. The first-order valence-electron chi connectivity index (χ1n) is 4.96. The lowest BCUT2D eigenvalue weighted by atomic mass is 10.0. The SMILES string of the molecule is CC(CCN)CCc1nc(C(N)=O)no1. The summed E-state index contributed by atoms with van der Waals surface area (Å²) in [7, 11) is 0. The Morgan fingerprint density at radius 2 is 2.27 bits per heavy atom. The standard InChI is InChI=1S/C9H16N4O2/c1-6(4-5-10)2-3-7-12-9(8(11)14)13-15-7/h6H,2-5,10H2,1H3,(H2,11,14). The molecule has 0 fully saturated rings.